The first-order chi connectivity index (χ1) is 14.0. The normalized spacial score (nSPS) is 12.8. The molecule has 4 nitrogen and oxygen atoms in total. The van der Waals surface area contributed by atoms with Crippen LogP contribution in [-0.2, 0) is 16.1 Å². The van der Waals surface area contributed by atoms with Gasteiger partial charge in [-0.15, -0.1) is 11.8 Å². The van der Waals surface area contributed by atoms with Crippen LogP contribution in [0.25, 0.3) is 0 Å². The lowest BCUT2D eigenvalue weighted by molar-refractivity contribution is -0.139. The third-order valence-corrected chi connectivity index (χ3v) is 6.16. The van der Waals surface area contributed by atoms with Crippen LogP contribution >= 0.6 is 23.4 Å². The summed E-state index contributed by atoms with van der Waals surface area (Å²) in [5.41, 5.74) is 0.835. The number of carbonyl (C=O) groups is 2. The fourth-order valence-electron chi connectivity index (χ4n) is 2.92. The molecule has 0 radical (unpaired) electrons. The molecule has 156 valence electrons. The Morgan fingerprint density at radius 2 is 1.69 bits per heavy atom. The van der Waals surface area contributed by atoms with Crippen LogP contribution in [0, 0.1) is 0 Å². The highest BCUT2D eigenvalue weighted by molar-refractivity contribution is 8.00. The van der Waals surface area contributed by atoms with Gasteiger partial charge in [-0.1, -0.05) is 61.8 Å². The van der Waals surface area contributed by atoms with E-state index in [1.165, 1.54) is 11.8 Å². The smallest absolute Gasteiger partial charge is 0.243 e. The first-order valence-electron chi connectivity index (χ1n) is 9.97. The molecule has 0 spiro atoms. The Balaban J connectivity index is 2.22. The van der Waals surface area contributed by atoms with E-state index in [1.54, 1.807) is 11.0 Å². The minimum absolute atomic E-state index is 0.0625. The van der Waals surface area contributed by atoms with Crippen LogP contribution in [0.15, 0.2) is 59.5 Å². The topological polar surface area (TPSA) is 49.4 Å². The van der Waals surface area contributed by atoms with E-state index in [4.69, 9.17) is 11.6 Å². The molecule has 0 aliphatic rings. The summed E-state index contributed by atoms with van der Waals surface area (Å²) in [7, 11) is 0. The Kier molecular flexibility index (Phi) is 9.55. The van der Waals surface area contributed by atoms with Crippen molar-refractivity contribution >= 4 is 35.2 Å². The summed E-state index contributed by atoms with van der Waals surface area (Å²) in [5.74, 6) is 0.0681. The van der Waals surface area contributed by atoms with Crippen molar-refractivity contribution in [2.24, 2.45) is 0 Å². The number of amides is 2. The molecule has 1 N–H and O–H groups in total. The van der Waals surface area contributed by atoms with Crippen molar-refractivity contribution in [2.75, 3.05) is 5.75 Å². The second-order valence-corrected chi connectivity index (χ2v) is 8.41. The summed E-state index contributed by atoms with van der Waals surface area (Å²) < 4.78 is 0. The molecule has 0 aliphatic heterocycles. The van der Waals surface area contributed by atoms with Gasteiger partial charge in [-0.2, -0.15) is 0 Å². The third kappa shape index (κ3) is 7.09. The SMILES string of the molecule is CC[C@@H](C)NC(=O)[C@H](CC)N(Cc1ccccc1Cl)C(=O)CSc1ccccc1. The minimum atomic E-state index is -0.538. The van der Waals surface area contributed by atoms with Gasteiger partial charge in [0.25, 0.3) is 0 Å². The summed E-state index contributed by atoms with van der Waals surface area (Å²) >= 11 is 7.81. The van der Waals surface area contributed by atoms with E-state index >= 15 is 0 Å². The maximum atomic E-state index is 13.2. The zero-order chi connectivity index (χ0) is 21.2. The highest BCUT2D eigenvalue weighted by Crippen LogP contribution is 2.22. The van der Waals surface area contributed by atoms with E-state index in [-0.39, 0.29) is 23.6 Å². The summed E-state index contributed by atoms with van der Waals surface area (Å²) in [6.07, 6.45) is 1.37. The third-order valence-electron chi connectivity index (χ3n) is 4.79. The zero-order valence-corrected chi connectivity index (χ0v) is 18.8. The second kappa shape index (κ2) is 11.9. The molecule has 0 aliphatic carbocycles. The van der Waals surface area contributed by atoms with E-state index < -0.39 is 6.04 Å². The first kappa shape index (κ1) is 23.3. The Hall–Kier alpha value is -1.98. The van der Waals surface area contributed by atoms with Crippen LogP contribution in [0.5, 0.6) is 0 Å². The Morgan fingerprint density at radius 3 is 2.31 bits per heavy atom. The van der Waals surface area contributed by atoms with Gasteiger partial charge < -0.3 is 10.2 Å². The lowest BCUT2D eigenvalue weighted by atomic mass is 10.1. The van der Waals surface area contributed by atoms with Gasteiger partial charge in [-0.3, -0.25) is 9.59 Å². The van der Waals surface area contributed by atoms with Crippen molar-refractivity contribution < 1.29 is 9.59 Å². The van der Waals surface area contributed by atoms with Crippen molar-refractivity contribution in [3.05, 3.63) is 65.2 Å². The number of halogens is 1. The fourth-order valence-corrected chi connectivity index (χ4v) is 3.92. The van der Waals surface area contributed by atoms with E-state index in [9.17, 15) is 9.59 Å². The summed E-state index contributed by atoms with van der Waals surface area (Å²) in [5, 5.41) is 3.61. The van der Waals surface area contributed by atoms with Crippen LogP contribution in [0.2, 0.25) is 5.02 Å². The molecule has 6 heteroatoms. The summed E-state index contributed by atoms with van der Waals surface area (Å²) in [6.45, 7) is 6.23. The van der Waals surface area contributed by atoms with Gasteiger partial charge >= 0.3 is 0 Å². The van der Waals surface area contributed by atoms with Gasteiger partial charge in [-0.05, 0) is 43.5 Å². The van der Waals surface area contributed by atoms with Crippen LogP contribution in [0.1, 0.15) is 39.2 Å². The predicted molar refractivity (Wildman–Crippen MR) is 121 cm³/mol. The Morgan fingerprint density at radius 1 is 1.03 bits per heavy atom. The number of nitrogens with zero attached hydrogens (tertiary/aromatic N) is 1. The molecule has 29 heavy (non-hydrogen) atoms. The van der Waals surface area contributed by atoms with Gasteiger partial charge in [0.2, 0.25) is 11.8 Å². The monoisotopic (exact) mass is 432 g/mol. The fraction of sp³-hybridized carbons (Fsp3) is 0.391. The van der Waals surface area contributed by atoms with Gasteiger partial charge in [0.05, 0.1) is 5.75 Å². The number of rotatable bonds is 10. The van der Waals surface area contributed by atoms with E-state index in [0.29, 0.717) is 18.0 Å². The predicted octanol–water partition coefficient (Wildman–Crippen LogP) is 5.15. The first-order valence-corrected chi connectivity index (χ1v) is 11.3. The van der Waals surface area contributed by atoms with Gasteiger partial charge in [0, 0.05) is 22.5 Å². The molecule has 2 aromatic rings. The Bertz CT molecular complexity index is 800. The van der Waals surface area contributed by atoms with Gasteiger partial charge in [0.15, 0.2) is 0 Å². The van der Waals surface area contributed by atoms with Crippen molar-refractivity contribution in [1.29, 1.82) is 0 Å². The maximum Gasteiger partial charge on any atom is 0.243 e. The van der Waals surface area contributed by atoms with Crippen LogP contribution in [0.3, 0.4) is 0 Å². The van der Waals surface area contributed by atoms with Crippen LogP contribution in [0.4, 0.5) is 0 Å². The Labute approximate surface area is 183 Å². The molecule has 0 heterocycles. The van der Waals surface area contributed by atoms with Gasteiger partial charge in [-0.25, -0.2) is 0 Å². The highest BCUT2D eigenvalue weighted by Gasteiger charge is 2.29. The number of thioether (sulfide) groups is 1. The number of benzene rings is 2. The molecule has 0 saturated heterocycles. The summed E-state index contributed by atoms with van der Waals surface area (Å²) in [6, 6.07) is 16.8. The quantitative estimate of drug-likeness (QED) is 0.528. The average Bonchev–Trinajstić information content (AvgIpc) is 2.73. The van der Waals surface area contributed by atoms with Crippen molar-refractivity contribution in [3.8, 4) is 0 Å². The van der Waals surface area contributed by atoms with Crippen LogP contribution in [-0.4, -0.2) is 34.6 Å². The van der Waals surface area contributed by atoms with Crippen LogP contribution < -0.4 is 5.32 Å². The molecule has 0 unspecified atom stereocenters. The number of carbonyl (C=O) groups excluding carboxylic acids is 2. The molecule has 2 rings (SSSR count). The van der Waals surface area contributed by atoms with E-state index in [1.807, 2.05) is 69.3 Å². The second-order valence-electron chi connectivity index (χ2n) is 6.96. The number of hydrogen-bond donors (Lipinski definition) is 1. The number of hydrogen-bond acceptors (Lipinski definition) is 3. The highest BCUT2D eigenvalue weighted by atomic mass is 35.5. The molecule has 0 aromatic heterocycles. The zero-order valence-electron chi connectivity index (χ0n) is 17.2. The van der Waals surface area contributed by atoms with Gasteiger partial charge in [0.1, 0.15) is 6.04 Å². The molecule has 2 aromatic carbocycles. The lowest BCUT2D eigenvalue weighted by Gasteiger charge is -2.31. The van der Waals surface area contributed by atoms with Crippen molar-refractivity contribution in [2.45, 2.75) is 57.1 Å². The molecule has 0 bridgehead atoms. The molecule has 0 saturated carbocycles. The number of nitrogens with one attached hydrogen (secondary N) is 1. The standard InChI is InChI=1S/C23H29ClN2O2S/c1-4-17(3)25-23(28)21(5-2)26(15-18-11-9-10-14-20(18)24)22(27)16-29-19-12-7-6-8-13-19/h6-14,17,21H,4-5,15-16H2,1-3H3,(H,25,28)/t17-,21+/m1/s1. The van der Waals surface area contributed by atoms with E-state index in [0.717, 1.165) is 16.9 Å². The van der Waals surface area contributed by atoms with Crippen molar-refractivity contribution in [3.63, 3.8) is 0 Å². The average molecular weight is 433 g/mol. The summed E-state index contributed by atoms with van der Waals surface area (Å²) in [4.78, 5) is 28.8. The molecular weight excluding hydrogens is 404 g/mol. The molecule has 2 atom stereocenters. The molecule has 2 amide bonds. The maximum absolute atomic E-state index is 13.2. The largest absolute Gasteiger partial charge is 0.352 e. The lowest BCUT2D eigenvalue weighted by Crippen LogP contribution is -2.51. The molecule has 0 fully saturated rings. The van der Waals surface area contributed by atoms with E-state index in [2.05, 4.69) is 5.32 Å². The minimum Gasteiger partial charge on any atom is -0.352 e. The molecular formula is C23H29ClN2O2S. The van der Waals surface area contributed by atoms with Crippen molar-refractivity contribution in [1.82, 2.24) is 10.2 Å².